The maximum Gasteiger partial charge on any atom is 0.239 e. The fourth-order valence-electron chi connectivity index (χ4n) is 5.40. The molecule has 0 aliphatic carbocycles. The highest BCUT2D eigenvalue weighted by atomic mass is 16.2. The predicted octanol–water partition coefficient (Wildman–Crippen LogP) is 1.29. The van der Waals surface area contributed by atoms with E-state index in [-0.39, 0.29) is 48.1 Å². The van der Waals surface area contributed by atoms with Crippen LogP contribution in [0.5, 0.6) is 0 Å². The van der Waals surface area contributed by atoms with Crippen molar-refractivity contribution in [1.29, 1.82) is 0 Å². The van der Waals surface area contributed by atoms with Crippen LogP contribution in [-0.4, -0.2) is 72.2 Å². The molecular weight excluding hydrogens is 396 g/mol. The van der Waals surface area contributed by atoms with E-state index in [1.54, 1.807) is 11.8 Å². The van der Waals surface area contributed by atoms with Crippen LogP contribution in [0.2, 0.25) is 0 Å². The molecule has 0 radical (unpaired) electrons. The minimum absolute atomic E-state index is 0.0190. The van der Waals surface area contributed by atoms with Crippen LogP contribution in [-0.2, 0) is 19.2 Å². The number of hydrogen-bond acceptors (Lipinski definition) is 4. The third-order valence-electron chi connectivity index (χ3n) is 7.42. The van der Waals surface area contributed by atoms with Crippen LogP contribution in [0.3, 0.4) is 0 Å². The van der Waals surface area contributed by atoms with E-state index < -0.39 is 5.41 Å². The van der Waals surface area contributed by atoms with Crippen molar-refractivity contribution in [3.05, 3.63) is 0 Å². The number of rotatable bonds is 1. The van der Waals surface area contributed by atoms with Crippen molar-refractivity contribution < 1.29 is 19.2 Å². The Labute approximate surface area is 185 Å². The molecule has 3 fully saturated rings. The van der Waals surface area contributed by atoms with Crippen molar-refractivity contribution in [3.8, 4) is 0 Å². The largest absolute Gasteiger partial charge is 0.351 e. The number of nitrogens with zero attached hydrogens (tertiary/aromatic N) is 2. The molecule has 3 aliphatic heterocycles. The normalized spacial score (nSPS) is 27.6. The van der Waals surface area contributed by atoms with Gasteiger partial charge in [0.1, 0.15) is 0 Å². The molecule has 0 aromatic carbocycles. The van der Waals surface area contributed by atoms with Crippen molar-refractivity contribution in [1.82, 2.24) is 20.4 Å². The third-order valence-corrected chi connectivity index (χ3v) is 7.42. The van der Waals surface area contributed by atoms with Gasteiger partial charge in [-0.1, -0.05) is 26.7 Å². The lowest BCUT2D eigenvalue weighted by Gasteiger charge is -2.42. The molecule has 8 heteroatoms. The van der Waals surface area contributed by atoms with Crippen LogP contribution in [0.1, 0.15) is 65.7 Å². The number of amides is 4. The summed E-state index contributed by atoms with van der Waals surface area (Å²) in [6, 6.07) is 0.0489. The van der Waals surface area contributed by atoms with Gasteiger partial charge in [-0.25, -0.2) is 0 Å². The van der Waals surface area contributed by atoms with Crippen LogP contribution < -0.4 is 10.6 Å². The molecule has 0 bridgehead atoms. The van der Waals surface area contributed by atoms with Crippen molar-refractivity contribution in [2.45, 2.75) is 71.8 Å². The van der Waals surface area contributed by atoms with E-state index in [4.69, 9.17) is 0 Å². The third kappa shape index (κ3) is 5.57. The summed E-state index contributed by atoms with van der Waals surface area (Å²) in [5, 5.41) is 5.99. The second-order valence-corrected chi connectivity index (χ2v) is 9.88. The average molecular weight is 435 g/mol. The minimum Gasteiger partial charge on any atom is -0.351 e. The van der Waals surface area contributed by atoms with Crippen molar-refractivity contribution in [2.75, 3.05) is 32.7 Å². The molecule has 3 heterocycles. The number of piperidine rings is 2. The van der Waals surface area contributed by atoms with E-state index in [0.717, 1.165) is 32.1 Å². The number of likely N-dealkylation sites (tertiary alicyclic amines) is 2. The first kappa shape index (κ1) is 23.5. The highest BCUT2D eigenvalue weighted by Crippen LogP contribution is 2.38. The molecule has 174 valence electrons. The van der Waals surface area contributed by atoms with Crippen molar-refractivity contribution in [2.24, 2.45) is 17.3 Å². The second kappa shape index (κ2) is 10.0. The lowest BCUT2D eigenvalue weighted by molar-refractivity contribution is -0.141. The fraction of sp³-hybridized carbons (Fsp3) is 0.826. The summed E-state index contributed by atoms with van der Waals surface area (Å²) in [6.07, 6.45) is 5.65. The lowest BCUT2D eigenvalue weighted by atomic mass is 9.73. The molecule has 0 saturated carbocycles. The molecule has 8 nitrogen and oxygen atoms in total. The Hall–Kier alpha value is -2.12. The Morgan fingerprint density at radius 3 is 2.35 bits per heavy atom. The van der Waals surface area contributed by atoms with Gasteiger partial charge in [0, 0.05) is 45.1 Å². The topological polar surface area (TPSA) is 98.8 Å². The van der Waals surface area contributed by atoms with E-state index in [1.807, 2.05) is 18.7 Å². The Balaban J connectivity index is 1.67. The van der Waals surface area contributed by atoms with Gasteiger partial charge in [0.05, 0.1) is 12.0 Å². The zero-order valence-corrected chi connectivity index (χ0v) is 19.2. The Kier molecular flexibility index (Phi) is 7.59. The van der Waals surface area contributed by atoms with Crippen LogP contribution in [0, 0.1) is 17.3 Å². The summed E-state index contributed by atoms with van der Waals surface area (Å²) in [5.41, 5.74) is -0.503. The first-order chi connectivity index (χ1) is 14.7. The highest BCUT2D eigenvalue weighted by molar-refractivity contribution is 5.88. The van der Waals surface area contributed by atoms with Crippen molar-refractivity contribution >= 4 is 23.6 Å². The summed E-state index contributed by atoms with van der Waals surface area (Å²) in [5.74, 6) is 0.231. The zero-order valence-electron chi connectivity index (χ0n) is 19.2. The van der Waals surface area contributed by atoms with E-state index in [9.17, 15) is 19.2 Å². The maximum absolute atomic E-state index is 13.1. The van der Waals surface area contributed by atoms with E-state index >= 15 is 0 Å². The number of nitrogens with one attached hydrogen (secondary N) is 2. The van der Waals surface area contributed by atoms with E-state index in [0.29, 0.717) is 39.0 Å². The molecule has 2 N–H and O–H groups in total. The average Bonchev–Trinajstić information content (AvgIpc) is 2.74. The van der Waals surface area contributed by atoms with Gasteiger partial charge in [-0.15, -0.1) is 0 Å². The number of hydrogen-bond donors (Lipinski definition) is 2. The monoisotopic (exact) mass is 434 g/mol. The van der Waals surface area contributed by atoms with Crippen molar-refractivity contribution in [3.63, 3.8) is 0 Å². The van der Waals surface area contributed by atoms with Gasteiger partial charge in [0.15, 0.2) is 0 Å². The van der Waals surface area contributed by atoms with Gasteiger partial charge in [-0.2, -0.15) is 0 Å². The maximum atomic E-state index is 13.1. The van der Waals surface area contributed by atoms with Crippen LogP contribution in [0.25, 0.3) is 0 Å². The van der Waals surface area contributed by atoms with Crippen LogP contribution in [0.4, 0.5) is 0 Å². The fourth-order valence-corrected chi connectivity index (χ4v) is 5.40. The number of carbonyl (C=O) groups is 4. The Morgan fingerprint density at radius 2 is 1.71 bits per heavy atom. The summed E-state index contributed by atoms with van der Waals surface area (Å²) in [4.78, 5) is 53.6. The quantitative estimate of drug-likeness (QED) is 0.650. The smallest absolute Gasteiger partial charge is 0.239 e. The van der Waals surface area contributed by atoms with Crippen LogP contribution >= 0.6 is 0 Å². The molecule has 3 rings (SSSR count). The summed E-state index contributed by atoms with van der Waals surface area (Å²) in [6.45, 7) is 7.94. The summed E-state index contributed by atoms with van der Waals surface area (Å²) >= 11 is 0. The SMILES string of the molecule is CC(=O)N1CCC2(CCCC[C@H]3CN(C(=O)C(C)C)CC[C@H]3NC(=O)CNC2=O)CC1. The molecule has 0 aromatic heterocycles. The number of carbonyl (C=O) groups excluding carboxylic acids is 4. The molecule has 31 heavy (non-hydrogen) atoms. The van der Waals surface area contributed by atoms with Gasteiger partial charge in [-0.05, 0) is 38.0 Å². The Bertz CT molecular complexity index is 700. The first-order valence-electron chi connectivity index (χ1n) is 11.8. The zero-order chi connectivity index (χ0) is 22.6. The standard InChI is InChI=1S/C23H38N4O4/c1-16(2)21(30)27-11-7-19-18(15-27)6-4-5-8-23(22(31)24-14-20(29)25-19)9-12-26(13-10-23)17(3)28/h16,18-19H,4-15H2,1-3H3,(H,24,31)(H,25,29)/t18-,19+/m0/s1. The molecule has 1 spiro atoms. The van der Waals surface area contributed by atoms with Gasteiger partial charge in [0.25, 0.3) is 0 Å². The number of fused-ring (bicyclic) bond motifs is 1. The van der Waals surface area contributed by atoms with Crippen LogP contribution in [0.15, 0.2) is 0 Å². The first-order valence-corrected chi connectivity index (χ1v) is 11.8. The minimum atomic E-state index is -0.503. The predicted molar refractivity (Wildman–Crippen MR) is 117 cm³/mol. The molecule has 2 atom stereocenters. The van der Waals surface area contributed by atoms with Gasteiger partial charge in [0.2, 0.25) is 23.6 Å². The second-order valence-electron chi connectivity index (χ2n) is 9.88. The molecular formula is C23H38N4O4. The molecule has 3 aliphatic rings. The molecule has 0 aromatic rings. The van der Waals surface area contributed by atoms with E-state index in [1.165, 1.54) is 0 Å². The van der Waals surface area contributed by atoms with Gasteiger partial charge >= 0.3 is 0 Å². The summed E-state index contributed by atoms with van der Waals surface area (Å²) < 4.78 is 0. The molecule has 4 amide bonds. The molecule has 0 unspecified atom stereocenters. The summed E-state index contributed by atoms with van der Waals surface area (Å²) in [7, 11) is 0. The lowest BCUT2D eigenvalue weighted by Crippen LogP contribution is -2.56. The van der Waals surface area contributed by atoms with E-state index in [2.05, 4.69) is 10.6 Å². The molecule has 3 saturated heterocycles. The Morgan fingerprint density at radius 1 is 1.00 bits per heavy atom. The van der Waals surface area contributed by atoms with Gasteiger partial charge < -0.3 is 20.4 Å². The highest BCUT2D eigenvalue weighted by Gasteiger charge is 2.42. The van der Waals surface area contributed by atoms with Gasteiger partial charge in [-0.3, -0.25) is 19.2 Å².